The lowest BCUT2D eigenvalue weighted by Gasteiger charge is -2.20. The number of anilines is 1. The molecular weight excluding hydrogens is 270 g/mol. The number of methoxy groups -OCH3 is 2. The molecule has 0 radical (unpaired) electrons. The summed E-state index contributed by atoms with van der Waals surface area (Å²) in [5.74, 6) is 0.552. The van der Waals surface area contributed by atoms with Crippen molar-refractivity contribution in [3.8, 4) is 11.5 Å². The predicted octanol–water partition coefficient (Wildman–Crippen LogP) is 1.82. The van der Waals surface area contributed by atoms with Crippen molar-refractivity contribution < 1.29 is 19.1 Å². The zero-order valence-corrected chi connectivity index (χ0v) is 11.4. The van der Waals surface area contributed by atoms with Crippen molar-refractivity contribution in [1.29, 1.82) is 0 Å². The van der Waals surface area contributed by atoms with Crippen LogP contribution in [0.2, 0.25) is 0 Å². The molecule has 1 aliphatic heterocycles. The highest BCUT2D eigenvalue weighted by Gasteiger charge is 2.35. The van der Waals surface area contributed by atoms with E-state index in [1.807, 2.05) is 0 Å². The highest BCUT2D eigenvalue weighted by atomic mass is 35.5. The summed E-state index contributed by atoms with van der Waals surface area (Å²) in [4.78, 5) is 24.7. The molecule has 0 saturated carbocycles. The fraction of sp³-hybridized carbons (Fsp3) is 0.385. The maximum absolute atomic E-state index is 12.0. The van der Waals surface area contributed by atoms with Crippen molar-refractivity contribution in [2.45, 2.75) is 6.42 Å². The molecule has 102 valence electrons. The van der Waals surface area contributed by atoms with Crippen molar-refractivity contribution in [2.75, 3.05) is 25.7 Å². The van der Waals surface area contributed by atoms with Crippen LogP contribution in [0.25, 0.3) is 0 Å². The first-order valence-electron chi connectivity index (χ1n) is 5.78. The normalized spacial score (nSPS) is 18.6. The van der Waals surface area contributed by atoms with Gasteiger partial charge in [0.1, 0.15) is 11.5 Å². The molecule has 5 nitrogen and oxygen atoms in total. The van der Waals surface area contributed by atoms with Gasteiger partial charge in [-0.25, -0.2) is 0 Å². The summed E-state index contributed by atoms with van der Waals surface area (Å²) in [7, 11) is 3.07. The molecule has 1 aliphatic rings. The van der Waals surface area contributed by atoms with E-state index in [9.17, 15) is 9.59 Å². The van der Waals surface area contributed by atoms with Gasteiger partial charge >= 0.3 is 0 Å². The third-order valence-corrected chi connectivity index (χ3v) is 3.43. The Morgan fingerprint density at radius 1 is 1.37 bits per heavy atom. The Morgan fingerprint density at radius 2 is 2.11 bits per heavy atom. The summed E-state index contributed by atoms with van der Waals surface area (Å²) in [6.07, 6.45) is 0.128. The minimum atomic E-state index is -0.488. The first-order valence-corrected chi connectivity index (χ1v) is 6.16. The number of hydrogen-bond donors (Lipinski definition) is 0. The van der Waals surface area contributed by atoms with E-state index in [1.165, 1.54) is 12.0 Å². The van der Waals surface area contributed by atoms with E-state index < -0.39 is 11.2 Å². The van der Waals surface area contributed by atoms with Gasteiger partial charge in [-0.15, -0.1) is 0 Å². The van der Waals surface area contributed by atoms with Crippen molar-refractivity contribution in [2.24, 2.45) is 5.92 Å². The summed E-state index contributed by atoms with van der Waals surface area (Å²) in [6.45, 7) is 0.269. The highest BCUT2D eigenvalue weighted by molar-refractivity contribution is 6.64. The monoisotopic (exact) mass is 283 g/mol. The molecule has 0 N–H and O–H groups in total. The average molecular weight is 284 g/mol. The molecule has 1 amide bonds. The lowest BCUT2D eigenvalue weighted by atomic mass is 10.1. The molecule has 1 saturated heterocycles. The van der Waals surface area contributed by atoms with Crippen LogP contribution in [0.15, 0.2) is 18.2 Å². The topological polar surface area (TPSA) is 55.8 Å². The van der Waals surface area contributed by atoms with E-state index >= 15 is 0 Å². The average Bonchev–Trinajstić information content (AvgIpc) is 2.80. The number of carbonyl (C=O) groups excluding carboxylic acids is 2. The minimum Gasteiger partial charge on any atom is -0.497 e. The summed E-state index contributed by atoms with van der Waals surface area (Å²) < 4.78 is 10.4. The van der Waals surface area contributed by atoms with Crippen LogP contribution in [0.5, 0.6) is 11.5 Å². The van der Waals surface area contributed by atoms with Crippen LogP contribution in [-0.4, -0.2) is 31.9 Å². The molecule has 0 spiro atoms. The smallest absolute Gasteiger partial charge is 0.227 e. The largest absolute Gasteiger partial charge is 0.497 e. The third kappa shape index (κ3) is 2.66. The SMILES string of the molecule is COc1ccc(OC)c(N2C[C@H](C(=O)Cl)CC2=O)c1. The van der Waals surface area contributed by atoms with Gasteiger partial charge in [0.25, 0.3) is 0 Å². The van der Waals surface area contributed by atoms with Crippen LogP contribution in [0.1, 0.15) is 6.42 Å². The van der Waals surface area contributed by atoms with Gasteiger partial charge in [0.05, 0.1) is 25.8 Å². The number of hydrogen-bond acceptors (Lipinski definition) is 4. The molecule has 1 heterocycles. The molecule has 0 unspecified atom stereocenters. The molecule has 1 fully saturated rings. The van der Waals surface area contributed by atoms with E-state index in [0.717, 1.165) is 0 Å². The number of nitrogens with zero attached hydrogens (tertiary/aromatic N) is 1. The first-order chi connectivity index (χ1) is 9.06. The second kappa shape index (κ2) is 5.48. The predicted molar refractivity (Wildman–Crippen MR) is 70.9 cm³/mol. The molecule has 2 rings (SSSR count). The quantitative estimate of drug-likeness (QED) is 0.791. The highest BCUT2D eigenvalue weighted by Crippen LogP contribution is 2.36. The van der Waals surface area contributed by atoms with Gasteiger partial charge in [-0.05, 0) is 23.7 Å². The summed E-state index contributed by atoms with van der Waals surface area (Å²) in [6, 6.07) is 5.17. The second-order valence-corrected chi connectivity index (χ2v) is 4.62. The van der Waals surface area contributed by atoms with Crippen LogP contribution in [-0.2, 0) is 9.59 Å². The van der Waals surface area contributed by atoms with Crippen molar-refractivity contribution in [3.63, 3.8) is 0 Å². The molecule has 1 atom stereocenters. The lowest BCUT2D eigenvalue weighted by Crippen LogP contribution is -2.25. The van der Waals surface area contributed by atoms with Crippen molar-refractivity contribution in [3.05, 3.63) is 18.2 Å². The van der Waals surface area contributed by atoms with E-state index in [2.05, 4.69) is 0 Å². The van der Waals surface area contributed by atoms with Gasteiger partial charge in [-0.2, -0.15) is 0 Å². The fourth-order valence-electron chi connectivity index (χ4n) is 2.10. The van der Waals surface area contributed by atoms with Gasteiger partial charge in [0.2, 0.25) is 11.1 Å². The summed E-state index contributed by atoms with van der Waals surface area (Å²) in [5, 5.41) is -0.488. The number of carbonyl (C=O) groups is 2. The van der Waals surface area contributed by atoms with Crippen LogP contribution < -0.4 is 14.4 Å². The minimum absolute atomic E-state index is 0.128. The Labute approximate surface area is 116 Å². The van der Waals surface area contributed by atoms with Crippen LogP contribution in [0.4, 0.5) is 5.69 Å². The molecule has 6 heteroatoms. The molecular formula is C13H14ClNO4. The van der Waals surface area contributed by atoms with Crippen LogP contribution in [0, 0.1) is 5.92 Å². The van der Waals surface area contributed by atoms with E-state index in [1.54, 1.807) is 25.3 Å². The third-order valence-electron chi connectivity index (χ3n) is 3.12. The van der Waals surface area contributed by atoms with Crippen molar-refractivity contribution in [1.82, 2.24) is 0 Å². The van der Waals surface area contributed by atoms with Gasteiger partial charge in [-0.1, -0.05) is 0 Å². The van der Waals surface area contributed by atoms with Gasteiger partial charge in [0, 0.05) is 19.0 Å². The van der Waals surface area contributed by atoms with Gasteiger partial charge in [-0.3, -0.25) is 9.59 Å². The van der Waals surface area contributed by atoms with E-state index in [0.29, 0.717) is 17.2 Å². The molecule has 1 aromatic carbocycles. The maximum atomic E-state index is 12.0. The van der Waals surface area contributed by atoms with Crippen LogP contribution in [0.3, 0.4) is 0 Å². The zero-order chi connectivity index (χ0) is 14.0. The summed E-state index contributed by atoms with van der Waals surface area (Å²) in [5.41, 5.74) is 0.590. The molecule has 1 aromatic rings. The number of halogens is 1. The first kappa shape index (κ1) is 13.7. The molecule has 0 aromatic heterocycles. The molecule has 19 heavy (non-hydrogen) atoms. The zero-order valence-electron chi connectivity index (χ0n) is 10.7. The van der Waals surface area contributed by atoms with Gasteiger partial charge in [0.15, 0.2) is 0 Å². The number of benzene rings is 1. The van der Waals surface area contributed by atoms with E-state index in [4.69, 9.17) is 21.1 Å². The maximum Gasteiger partial charge on any atom is 0.227 e. The number of ether oxygens (including phenoxy) is 2. The second-order valence-electron chi connectivity index (χ2n) is 4.25. The standard InChI is InChI=1S/C13H14ClNO4/c1-18-9-3-4-11(19-2)10(6-9)15-7-8(13(14)17)5-12(15)16/h3-4,6,8H,5,7H2,1-2H3/t8-/m1/s1. The number of rotatable bonds is 4. The lowest BCUT2D eigenvalue weighted by molar-refractivity contribution is -0.120. The Bertz CT molecular complexity index is 517. The Hall–Kier alpha value is -1.75. The molecule has 0 bridgehead atoms. The Kier molecular flexibility index (Phi) is 3.95. The van der Waals surface area contributed by atoms with Gasteiger partial charge < -0.3 is 14.4 Å². The van der Waals surface area contributed by atoms with Crippen molar-refractivity contribution >= 4 is 28.4 Å². The van der Waals surface area contributed by atoms with E-state index in [-0.39, 0.29) is 18.9 Å². The summed E-state index contributed by atoms with van der Waals surface area (Å²) >= 11 is 5.46. The van der Waals surface area contributed by atoms with Crippen LogP contribution >= 0.6 is 11.6 Å². The number of amides is 1. The Morgan fingerprint density at radius 3 is 2.63 bits per heavy atom. The Balaban J connectivity index is 2.35. The fourth-order valence-corrected chi connectivity index (χ4v) is 2.25. The molecule has 0 aliphatic carbocycles.